The Morgan fingerprint density at radius 1 is 1.35 bits per heavy atom. The predicted octanol–water partition coefficient (Wildman–Crippen LogP) is 0.823. The molecule has 0 aliphatic carbocycles. The van der Waals surface area contributed by atoms with Crippen molar-refractivity contribution in [1.29, 1.82) is 0 Å². The number of nitrogens with two attached hydrogens (primary N) is 1. The van der Waals surface area contributed by atoms with Crippen LogP contribution in [0.2, 0.25) is 5.02 Å². The molecule has 0 aromatic heterocycles. The average molecular weight is 303 g/mol. The van der Waals surface area contributed by atoms with Crippen LogP contribution in [0.3, 0.4) is 0 Å². The zero-order valence-electron chi connectivity index (χ0n) is 11.8. The van der Waals surface area contributed by atoms with Crippen molar-refractivity contribution >= 4 is 11.6 Å². The Hall–Kier alpha value is -1.17. The number of aliphatic hydroxyl groups excluding tert-OH is 1. The molecular formula is C14H21ClNO4+. The standard InChI is InChI=1S/C14H20ClNO4/c1-9(2)16-7-10(17)8-20-13-11(15)3-4-12-14(13)19-6-5-18-12/h3-4,9-10,16-17H,5-8H2,1-2H3/p+1/t10-/m0/s1. The zero-order chi connectivity index (χ0) is 14.5. The molecule has 0 fully saturated rings. The summed E-state index contributed by atoms with van der Waals surface area (Å²) in [6.45, 7) is 5.88. The third kappa shape index (κ3) is 3.91. The van der Waals surface area contributed by atoms with Crippen LogP contribution in [0.4, 0.5) is 0 Å². The van der Waals surface area contributed by atoms with E-state index in [4.69, 9.17) is 25.8 Å². The summed E-state index contributed by atoms with van der Waals surface area (Å²) in [7, 11) is 0. The minimum atomic E-state index is -0.561. The van der Waals surface area contributed by atoms with Gasteiger partial charge in [0.05, 0.1) is 11.1 Å². The largest absolute Gasteiger partial charge is 0.486 e. The maximum Gasteiger partial charge on any atom is 0.205 e. The molecule has 0 spiro atoms. The van der Waals surface area contributed by atoms with Crippen LogP contribution in [0.1, 0.15) is 13.8 Å². The van der Waals surface area contributed by atoms with E-state index < -0.39 is 6.10 Å². The summed E-state index contributed by atoms with van der Waals surface area (Å²) >= 11 is 6.12. The van der Waals surface area contributed by atoms with Gasteiger partial charge in [0, 0.05) is 0 Å². The van der Waals surface area contributed by atoms with Crippen molar-refractivity contribution in [1.82, 2.24) is 0 Å². The second kappa shape index (κ2) is 7.02. The third-order valence-corrected chi connectivity index (χ3v) is 3.21. The molecule has 0 saturated carbocycles. The van der Waals surface area contributed by atoms with Gasteiger partial charge < -0.3 is 24.6 Å². The first-order valence-corrected chi connectivity index (χ1v) is 7.18. The van der Waals surface area contributed by atoms with E-state index in [2.05, 4.69) is 19.2 Å². The predicted molar refractivity (Wildman–Crippen MR) is 75.9 cm³/mol. The van der Waals surface area contributed by atoms with Gasteiger partial charge in [-0.3, -0.25) is 0 Å². The van der Waals surface area contributed by atoms with Crippen LogP contribution in [-0.2, 0) is 0 Å². The quantitative estimate of drug-likeness (QED) is 0.817. The van der Waals surface area contributed by atoms with Crippen molar-refractivity contribution in [3.63, 3.8) is 0 Å². The highest BCUT2D eigenvalue weighted by molar-refractivity contribution is 6.32. The van der Waals surface area contributed by atoms with Crippen molar-refractivity contribution in [2.24, 2.45) is 0 Å². The second-order valence-electron chi connectivity index (χ2n) is 5.08. The fourth-order valence-electron chi connectivity index (χ4n) is 1.88. The summed E-state index contributed by atoms with van der Waals surface area (Å²) in [6, 6.07) is 3.90. The Labute approximate surface area is 123 Å². The smallest absolute Gasteiger partial charge is 0.205 e. The van der Waals surface area contributed by atoms with E-state index in [1.807, 2.05) is 0 Å². The molecule has 0 saturated heterocycles. The molecule has 3 N–H and O–H groups in total. The molecule has 0 bridgehead atoms. The molecule has 6 heteroatoms. The molecule has 0 radical (unpaired) electrons. The first-order chi connectivity index (χ1) is 9.58. The van der Waals surface area contributed by atoms with Crippen LogP contribution in [0, 0.1) is 0 Å². The number of halogens is 1. The zero-order valence-corrected chi connectivity index (χ0v) is 12.5. The number of benzene rings is 1. The minimum Gasteiger partial charge on any atom is -0.486 e. The summed E-state index contributed by atoms with van der Waals surface area (Å²) in [5, 5.41) is 12.4. The van der Waals surface area contributed by atoms with Crippen LogP contribution in [-0.4, -0.2) is 43.6 Å². The van der Waals surface area contributed by atoms with Crippen LogP contribution in [0.15, 0.2) is 12.1 Å². The van der Waals surface area contributed by atoms with Crippen molar-refractivity contribution < 1.29 is 24.6 Å². The van der Waals surface area contributed by atoms with Gasteiger partial charge in [-0.15, -0.1) is 0 Å². The topological polar surface area (TPSA) is 64.5 Å². The molecule has 1 atom stereocenters. The fraction of sp³-hybridized carbons (Fsp3) is 0.571. The highest BCUT2D eigenvalue weighted by Crippen LogP contribution is 2.43. The van der Waals surface area contributed by atoms with Crippen molar-refractivity contribution in [2.45, 2.75) is 26.0 Å². The summed E-state index contributed by atoms with van der Waals surface area (Å²) in [6.07, 6.45) is -0.561. The van der Waals surface area contributed by atoms with Gasteiger partial charge in [-0.2, -0.15) is 0 Å². The molecule has 1 heterocycles. The van der Waals surface area contributed by atoms with Crippen molar-refractivity contribution in [3.05, 3.63) is 17.2 Å². The van der Waals surface area contributed by atoms with Crippen LogP contribution < -0.4 is 19.5 Å². The summed E-state index contributed by atoms with van der Waals surface area (Å²) in [5.74, 6) is 1.58. The van der Waals surface area contributed by atoms with Crippen LogP contribution >= 0.6 is 11.6 Å². The van der Waals surface area contributed by atoms with E-state index in [0.717, 1.165) is 0 Å². The first kappa shape index (κ1) is 15.2. The molecule has 1 aliphatic rings. The van der Waals surface area contributed by atoms with E-state index in [1.165, 1.54) is 0 Å². The molecule has 0 amide bonds. The highest BCUT2D eigenvalue weighted by Gasteiger charge is 2.21. The van der Waals surface area contributed by atoms with Gasteiger partial charge in [-0.25, -0.2) is 0 Å². The lowest BCUT2D eigenvalue weighted by Crippen LogP contribution is -2.90. The van der Waals surface area contributed by atoms with Gasteiger partial charge >= 0.3 is 0 Å². The summed E-state index contributed by atoms with van der Waals surface area (Å²) < 4.78 is 16.6. The van der Waals surface area contributed by atoms with E-state index in [-0.39, 0.29) is 6.61 Å². The average Bonchev–Trinajstić information content (AvgIpc) is 2.44. The summed E-state index contributed by atoms with van der Waals surface area (Å²) in [5.41, 5.74) is 0. The van der Waals surface area contributed by atoms with E-state index in [9.17, 15) is 5.11 Å². The SMILES string of the molecule is CC(C)[NH2+]C[C@H](O)COc1c(Cl)ccc2c1OCCO2. The van der Waals surface area contributed by atoms with E-state index in [1.54, 1.807) is 12.1 Å². The Bertz CT molecular complexity index is 453. The van der Waals surface area contributed by atoms with Gasteiger partial charge in [0.25, 0.3) is 0 Å². The second-order valence-corrected chi connectivity index (χ2v) is 5.49. The maximum absolute atomic E-state index is 9.88. The molecule has 112 valence electrons. The Balaban J connectivity index is 1.98. The monoisotopic (exact) mass is 302 g/mol. The molecule has 0 unspecified atom stereocenters. The molecule has 1 aliphatic heterocycles. The Kier molecular flexibility index (Phi) is 5.34. The number of hydrogen-bond donors (Lipinski definition) is 2. The number of fused-ring (bicyclic) bond motifs is 1. The van der Waals surface area contributed by atoms with Crippen LogP contribution in [0.5, 0.6) is 17.2 Å². The molecule has 2 rings (SSSR count). The van der Waals surface area contributed by atoms with E-state index in [0.29, 0.717) is 48.1 Å². The number of rotatable bonds is 6. The Morgan fingerprint density at radius 2 is 2.10 bits per heavy atom. The maximum atomic E-state index is 9.88. The lowest BCUT2D eigenvalue weighted by atomic mass is 10.2. The number of ether oxygens (including phenoxy) is 3. The molecule has 5 nitrogen and oxygen atoms in total. The lowest BCUT2D eigenvalue weighted by molar-refractivity contribution is -0.688. The molecule has 1 aromatic carbocycles. The number of quaternary nitrogens is 1. The van der Waals surface area contributed by atoms with Gasteiger partial charge in [-0.1, -0.05) is 11.6 Å². The number of hydrogen-bond acceptors (Lipinski definition) is 4. The molecule has 20 heavy (non-hydrogen) atoms. The van der Waals surface area contributed by atoms with E-state index >= 15 is 0 Å². The van der Waals surface area contributed by atoms with Gasteiger partial charge in [-0.05, 0) is 26.0 Å². The highest BCUT2D eigenvalue weighted by atomic mass is 35.5. The van der Waals surface area contributed by atoms with Gasteiger partial charge in [0.1, 0.15) is 32.5 Å². The van der Waals surface area contributed by atoms with Crippen molar-refractivity contribution in [2.75, 3.05) is 26.4 Å². The molecule has 1 aromatic rings. The van der Waals surface area contributed by atoms with Crippen molar-refractivity contribution in [3.8, 4) is 17.2 Å². The first-order valence-electron chi connectivity index (χ1n) is 6.80. The van der Waals surface area contributed by atoms with Gasteiger partial charge in [0.2, 0.25) is 5.75 Å². The third-order valence-electron chi connectivity index (χ3n) is 2.91. The lowest BCUT2D eigenvalue weighted by Gasteiger charge is -2.22. The number of aliphatic hydroxyl groups is 1. The normalized spacial score (nSPS) is 15.2. The molecular weight excluding hydrogens is 282 g/mol. The van der Waals surface area contributed by atoms with Crippen LogP contribution in [0.25, 0.3) is 0 Å². The summed E-state index contributed by atoms with van der Waals surface area (Å²) in [4.78, 5) is 0. The Morgan fingerprint density at radius 3 is 2.85 bits per heavy atom. The fourth-order valence-corrected chi connectivity index (χ4v) is 2.08. The van der Waals surface area contributed by atoms with Gasteiger partial charge in [0.15, 0.2) is 11.5 Å². The minimum absolute atomic E-state index is 0.169.